The molecule has 0 amide bonds. The first kappa shape index (κ1) is 13.8. The monoisotopic (exact) mass is 223 g/mol. The first-order valence-corrected chi connectivity index (χ1v) is 7.14. The van der Waals surface area contributed by atoms with Crippen LogP contribution >= 0.6 is 0 Å². The Labute approximate surface area is 102 Å². The SMILES string of the molecule is CCC(C)CC(NC)C1=CCCCCCC1. The summed E-state index contributed by atoms with van der Waals surface area (Å²) in [5, 5.41) is 3.52. The smallest absolute Gasteiger partial charge is 0.0279 e. The maximum atomic E-state index is 3.52. The lowest BCUT2D eigenvalue weighted by atomic mass is 9.89. The van der Waals surface area contributed by atoms with E-state index in [9.17, 15) is 0 Å². The van der Waals surface area contributed by atoms with Crippen LogP contribution in [0.5, 0.6) is 0 Å². The lowest BCUT2D eigenvalue weighted by Crippen LogP contribution is -2.29. The normalized spacial score (nSPS) is 21.8. The van der Waals surface area contributed by atoms with E-state index in [1.807, 2.05) is 0 Å². The van der Waals surface area contributed by atoms with Gasteiger partial charge in [0.05, 0.1) is 0 Å². The molecule has 94 valence electrons. The maximum Gasteiger partial charge on any atom is 0.0279 e. The molecule has 1 rings (SSSR count). The Morgan fingerprint density at radius 1 is 1.25 bits per heavy atom. The Kier molecular flexibility index (Phi) is 6.79. The largest absolute Gasteiger partial charge is 0.313 e. The van der Waals surface area contributed by atoms with Gasteiger partial charge in [0.25, 0.3) is 0 Å². The standard InChI is InChI=1S/C15H29N/c1-4-13(2)12-15(16-3)14-10-8-6-5-7-9-11-14/h10,13,15-16H,4-9,11-12H2,1-3H3. The third-order valence-corrected chi connectivity index (χ3v) is 3.96. The minimum Gasteiger partial charge on any atom is -0.313 e. The first-order valence-electron chi connectivity index (χ1n) is 7.14. The average molecular weight is 223 g/mol. The van der Waals surface area contributed by atoms with Crippen LogP contribution in [0.25, 0.3) is 0 Å². The van der Waals surface area contributed by atoms with Crippen molar-refractivity contribution < 1.29 is 0 Å². The highest BCUT2D eigenvalue weighted by Gasteiger charge is 2.15. The van der Waals surface area contributed by atoms with Gasteiger partial charge in [0.2, 0.25) is 0 Å². The number of allylic oxidation sites excluding steroid dienone is 1. The summed E-state index contributed by atoms with van der Waals surface area (Å²) in [4.78, 5) is 0. The predicted molar refractivity (Wildman–Crippen MR) is 72.7 cm³/mol. The second kappa shape index (κ2) is 7.89. The second-order valence-electron chi connectivity index (χ2n) is 5.32. The van der Waals surface area contributed by atoms with Gasteiger partial charge in [0.15, 0.2) is 0 Å². The highest BCUT2D eigenvalue weighted by Crippen LogP contribution is 2.23. The molecule has 0 spiro atoms. The minimum absolute atomic E-state index is 0.632. The Morgan fingerprint density at radius 2 is 2.00 bits per heavy atom. The summed E-state index contributed by atoms with van der Waals surface area (Å²) in [6.45, 7) is 4.66. The van der Waals surface area contributed by atoms with Crippen molar-refractivity contribution in [3.05, 3.63) is 11.6 Å². The Hall–Kier alpha value is -0.300. The van der Waals surface area contributed by atoms with Crippen molar-refractivity contribution in [2.24, 2.45) is 5.92 Å². The highest BCUT2D eigenvalue weighted by molar-refractivity contribution is 5.11. The van der Waals surface area contributed by atoms with E-state index < -0.39 is 0 Å². The van der Waals surface area contributed by atoms with Gasteiger partial charge < -0.3 is 5.32 Å². The first-order chi connectivity index (χ1) is 7.77. The van der Waals surface area contributed by atoms with E-state index in [1.165, 1.54) is 51.4 Å². The molecule has 0 saturated heterocycles. The third-order valence-electron chi connectivity index (χ3n) is 3.96. The molecule has 1 nitrogen and oxygen atoms in total. The molecule has 1 aliphatic carbocycles. The van der Waals surface area contributed by atoms with E-state index in [0.717, 1.165) is 5.92 Å². The summed E-state index contributed by atoms with van der Waals surface area (Å²) >= 11 is 0. The molecule has 2 atom stereocenters. The van der Waals surface area contributed by atoms with Crippen LogP contribution in [0, 0.1) is 5.92 Å². The third kappa shape index (κ3) is 4.69. The van der Waals surface area contributed by atoms with E-state index in [-0.39, 0.29) is 0 Å². The number of nitrogens with one attached hydrogen (secondary N) is 1. The molecule has 0 radical (unpaired) electrons. The molecule has 1 N–H and O–H groups in total. The molecule has 0 heterocycles. The van der Waals surface area contributed by atoms with Gasteiger partial charge in [-0.2, -0.15) is 0 Å². The minimum atomic E-state index is 0.632. The number of hydrogen-bond acceptors (Lipinski definition) is 1. The molecule has 0 aliphatic heterocycles. The number of hydrogen-bond donors (Lipinski definition) is 1. The van der Waals surface area contributed by atoms with Crippen LogP contribution in [0.1, 0.15) is 65.2 Å². The van der Waals surface area contributed by atoms with E-state index >= 15 is 0 Å². The molecular formula is C15H29N. The van der Waals surface area contributed by atoms with Gasteiger partial charge in [-0.25, -0.2) is 0 Å². The molecule has 0 aromatic rings. The van der Waals surface area contributed by atoms with Crippen molar-refractivity contribution in [2.75, 3.05) is 7.05 Å². The molecule has 16 heavy (non-hydrogen) atoms. The molecule has 0 aromatic carbocycles. The van der Waals surface area contributed by atoms with Crippen molar-refractivity contribution in [3.63, 3.8) is 0 Å². The van der Waals surface area contributed by atoms with Crippen LogP contribution in [0.15, 0.2) is 11.6 Å². The molecule has 1 heteroatoms. The number of rotatable bonds is 5. The summed E-state index contributed by atoms with van der Waals surface area (Å²) in [5.74, 6) is 0.837. The Bertz CT molecular complexity index is 207. The topological polar surface area (TPSA) is 12.0 Å². The summed E-state index contributed by atoms with van der Waals surface area (Å²) in [5.41, 5.74) is 1.68. The Balaban J connectivity index is 2.54. The Morgan fingerprint density at radius 3 is 2.69 bits per heavy atom. The van der Waals surface area contributed by atoms with Gasteiger partial charge >= 0.3 is 0 Å². The van der Waals surface area contributed by atoms with Crippen LogP contribution < -0.4 is 5.32 Å². The number of likely N-dealkylation sites (N-methyl/N-ethyl adjacent to an activating group) is 1. The van der Waals surface area contributed by atoms with Gasteiger partial charge in [-0.05, 0) is 45.1 Å². The molecular weight excluding hydrogens is 194 g/mol. The summed E-state index contributed by atoms with van der Waals surface area (Å²) in [6, 6.07) is 0.632. The van der Waals surface area contributed by atoms with Crippen LogP contribution in [0.3, 0.4) is 0 Å². The van der Waals surface area contributed by atoms with Crippen LogP contribution in [-0.2, 0) is 0 Å². The van der Waals surface area contributed by atoms with E-state index in [4.69, 9.17) is 0 Å². The van der Waals surface area contributed by atoms with Gasteiger partial charge in [-0.15, -0.1) is 0 Å². The maximum absolute atomic E-state index is 3.52. The van der Waals surface area contributed by atoms with Crippen LogP contribution in [-0.4, -0.2) is 13.1 Å². The summed E-state index contributed by atoms with van der Waals surface area (Å²) in [6.07, 6.45) is 13.4. The van der Waals surface area contributed by atoms with Gasteiger partial charge in [-0.3, -0.25) is 0 Å². The van der Waals surface area contributed by atoms with Crippen molar-refractivity contribution in [3.8, 4) is 0 Å². The second-order valence-corrected chi connectivity index (χ2v) is 5.32. The van der Waals surface area contributed by atoms with Crippen molar-refractivity contribution in [1.82, 2.24) is 5.32 Å². The zero-order valence-corrected chi connectivity index (χ0v) is 11.4. The van der Waals surface area contributed by atoms with Crippen molar-refractivity contribution in [1.29, 1.82) is 0 Å². The predicted octanol–water partition coefficient (Wildman–Crippen LogP) is 4.29. The van der Waals surface area contributed by atoms with Crippen LogP contribution in [0.2, 0.25) is 0 Å². The van der Waals surface area contributed by atoms with Crippen molar-refractivity contribution in [2.45, 2.75) is 71.3 Å². The quantitative estimate of drug-likeness (QED) is 0.686. The molecule has 1 aliphatic rings. The molecule has 0 saturated carbocycles. The molecule has 0 fully saturated rings. The van der Waals surface area contributed by atoms with Gasteiger partial charge in [-0.1, -0.05) is 44.8 Å². The fourth-order valence-electron chi connectivity index (χ4n) is 2.56. The lowest BCUT2D eigenvalue weighted by Gasteiger charge is -2.24. The van der Waals surface area contributed by atoms with E-state index in [2.05, 4.69) is 32.3 Å². The molecule has 0 aromatic heterocycles. The fraction of sp³-hybridized carbons (Fsp3) is 0.867. The lowest BCUT2D eigenvalue weighted by molar-refractivity contribution is 0.432. The van der Waals surface area contributed by atoms with Crippen LogP contribution in [0.4, 0.5) is 0 Å². The van der Waals surface area contributed by atoms with Crippen molar-refractivity contribution >= 4 is 0 Å². The highest BCUT2D eigenvalue weighted by atomic mass is 14.9. The zero-order chi connectivity index (χ0) is 11.8. The van der Waals surface area contributed by atoms with Gasteiger partial charge in [0, 0.05) is 6.04 Å². The summed E-state index contributed by atoms with van der Waals surface area (Å²) in [7, 11) is 2.12. The fourth-order valence-corrected chi connectivity index (χ4v) is 2.56. The summed E-state index contributed by atoms with van der Waals surface area (Å²) < 4.78 is 0. The van der Waals surface area contributed by atoms with E-state index in [1.54, 1.807) is 5.57 Å². The molecule has 0 bridgehead atoms. The average Bonchev–Trinajstić information content (AvgIpc) is 2.26. The van der Waals surface area contributed by atoms with E-state index in [0.29, 0.717) is 6.04 Å². The van der Waals surface area contributed by atoms with Gasteiger partial charge in [0.1, 0.15) is 0 Å². The molecule has 2 unspecified atom stereocenters. The zero-order valence-electron chi connectivity index (χ0n) is 11.4.